The lowest BCUT2D eigenvalue weighted by atomic mass is 10.1. The van der Waals surface area contributed by atoms with E-state index in [2.05, 4.69) is 17.0 Å². The normalized spacial score (nSPS) is 29.9. The van der Waals surface area contributed by atoms with Crippen molar-refractivity contribution >= 4 is 5.97 Å². The van der Waals surface area contributed by atoms with Crippen molar-refractivity contribution < 1.29 is 9.53 Å². The summed E-state index contributed by atoms with van der Waals surface area (Å²) in [5, 5.41) is 0. The Morgan fingerprint density at radius 1 is 1.44 bits per heavy atom. The van der Waals surface area contributed by atoms with E-state index in [1.54, 1.807) is 0 Å². The number of carbonyl (C=O) groups excluding carboxylic acids is 1. The molecule has 3 nitrogen and oxygen atoms in total. The van der Waals surface area contributed by atoms with Gasteiger partial charge in [0.15, 0.2) is 0 Å². The van der Waals surface area contributed by atoms with Crippen molar-refractivity contribution in [2.75, 3.05) is 13.2 Å². The first-order chi connectivity index (χ1) is 8.77. The Balaban J connectivity index is 1.75. The fraction of sp³-hybridized carbons (Fsp3) is 0.533. The molecule has 1 aliphatic carbocycles. The summed E-state index contributed by atoms with van der Waals surface area (Å²) < 4.78 is 5.26. The second-order valence-corrected chi connectivity index (χ2v) is 5.24. The fourth-order valence-electron chi connectivity index (χ4n) is 3.22. The summed E-state index contributed by atoms with van der Waals surface area (Å²) in [5.74, 6) is 0.517. The number of hydrogen-bond acceptors (Lipinski definition) is 3. The number of carbonyl (C=O) groups is 1. The molecule has 0 radical (unpaired) electrons. The molecule has 2 fully saturated rings. The van der Waals surface area contributed by atoms with Gasteiger partial charge in [-0.3, -0.25) is 9.69 Å². The van der Waals surface area contributed by atoms with E-state index in [1.807, 2.05) is 25.1 Å². The molecule has 2 atom stereocenters. The number of nitrogens with zero attached hydrogens (tertiary/aromatic N) is 1. The quantitative estimate of drug-likeness (QED) is 0.762. The molecule has 1 aliphatic heterocycles. The van der Waals surface area contributed by atoms with Gasteiger partial charge in [0, 0.05) is 6.54 Å². The third-order valence-electron chi connectivity index (χ3n) is 4.23. The first-order valence-electron chi connectivity index (χ1n) is 6.73. The van der Waals surface area contributed by atoms with Crippen LogP contribution in [0.15, 0.2) is 30.3 Å². The van der Waals surface area contributed by atoms with Crippen LogP contribution in [0.2, 0.25) is 0 Å². The number of benzene rings is 1. The van der Waals surface area contributed by atoms with Crippen LogP contribution in [-0.4, -0.2) is 29.6 Å². The molecule has 1 aromatic carbocycles. The number of rotatable bonds is 4. The monoisotopic (exact) mass is 245 g/mol. The lowest BCUT2D eigenvalue weighted by molar-refractivity contribution is -0.151. The Bertz CT molecular complexity index is 445. The van der Waals surface area contributed by atoms with E-state index in [-0.39, 0.29) is 11.5 Å². The Labute approximate surface area is 108 Å². The summed E-state index contributed by atoms with van der Waals surface area (Å²) in [6, 6.07) is 10.4. The molecule has 0 amide bonds. The zero-order chi connectivity index (χ0) is 12.6. The molecule has 2 aliphatic rings. The fourth-order valence-corrected chi connectivity index (χ4v) is 3.22. The Morgan fingerprint density at radius 2 is 2.22 bits per heavy atom. The molecule has 1 saturated carbocycles. The molecule has 18 heavy (non-hydrogen) atoms. The summed E-state index contributed by atoms with van der Waals surface area (Å²) in [6.45, 7) is 4.23. The van der Waals surface area contributed by atoms with Gasteiger partial charge < -0.3 is 4.74 Å². The Morgan fingerprint density at radius 3 is 2.89 bits per heavy atom. The maximum absolute atomic E-state index is 12.1. The van der Waals surface area contributed by atoms with Crippen LogP contribution in [-0.2, 0) is 16.1 Å². The smallest absolute Gasteiger partial charge is 0.326 e. The number of hydrogen-bond donors (Lipinski definition) is 0. The van der Waals surface area contributed by atoms with Crippen molar-refractivity contribution in [3.05, 3.63) is 35.9 Å². The van der Waals surface area contributed by atoms with Gasteiger partial charge in [0.1, 0.15) is 5.54 Å². The second-order valence-electron chi connectivity index (χ2n) is 5.24. The SMILES string of the molecule is CCOC(=O)C12CC1CCN2Cc1ccccc1. The molecular formula is C15H19NO2. The molecule has 1 heterocycles. The third-order valence-corrected chi connectivity index (χ3v) is 4.23. The van der Waals surface area contributed by atoms with Crippen LogP contribution in [0.5, 0.6) is 0 Å². The van der Waals surface area contributed by atoms with Crippen LogP contribution in [0.1, 0.15) is 25.3 Å². The number of fused-ring (bicyclic) bond motifs is 1. The molecule has 0 aromatic heterocycles. The van der Waals surface area contributed by atoms with Gasteiger partial charge in [0.05, 0.1) is 6.61 Å². The molecule has 96 valence electrons. The molecule has 0 spiro atoms. The lowest BCUT2D eigenvalue weighted by Gasteiger charge is -2.26. The van der Waals surface area contributed by atoms with Crippen LogP contribution in [0, 0.1) is 5.92 Å². The minimum absolute atomic E-state index is 0.0107. The number of ether oxygens (including phenoxy) is 1. The first-order valence-corrected chi connectivity index (χ1v) is 6.73. The summed E-state index contributed by atoms with van der Waals surface area (Å²) in [6.07, 6.45) is 2.12. The minimum Gasteiger partial charge on any atom is -0.465 e. The molecule has 1 aromatic rings. The van der Waals surface area contributed by atoms with Crippen LogP contribution < -0.4 is 0 Å². The maximum atomic E-state index is 12.1. The number of piperidine rings is 1. The van der Waals surface area contributed by atoms with Gasteiger partial charge in [-0.1, -0.05) is 30.3 Å². The van der Waals surface area contributed by atoms with E-state index in [4.69, 9.17) is 4.74 Å². The number of likely N-dealkylation sites (tertiary alicyclic amines) is 1. The Hall–Kier alpha value is -1.35. The first kappa shape index (κ1) is 11.7. The third kappa shape index (κ3) is 1.74. The summed E-state index contributed by atoms with van der Waals surface area (Å²) in [7, 11) is 0. The average molecular weight is 245 g/mol. The minimum atomic E-state index is -0.286. The summed E-state index contributed by atoms with van der Waals surface area (Å²) in [5.41, 5.74) is 0.986. The van der Waals surface area contributed by atoms with Gasteiger partial charge in [0.25, 0.3) is 0 Å². The largest absolute Gasteiger partial charge is 0.465 e. The highest BCUT2D eigenvalue weighted by Crippen LogP contribution is 2.56. The zero-order valence-corrected chi connectivity index (χ0v) is 10.8. The summed E-state index contributed by atoms with van der Waals surface area (Å²) in [4.78, 5) is 14.5. The van der Waals surface area contributed by atoms with Crippen molar-refractivity contribution in [2.45, 2.75) is 31.8 Å². The highest BCUT2D eigenvalue weighted by atomic mass is 16.5. The molecule has 1 saturated heterocycles. The van der Waals surface area contributed by atoms with Crippen molar-refractivity contribution in [1.82, 2.24) is 4.90 Å². The molecule has 0 N–H and O–H groups in total. The van der Waals surface area contributed by atoms with Crippen LogP contribution in [0.25, 0.3) is 0 Å². The van der Waals surface area contributed by atoms with Crippen LogP contribution in [0.3, 0.4) is 0 Å². The maximum Gasteiger partial charge on any atom is 0.326 e. The van der Waals surface area contributed by atoms with Gasteiger partial charge in [0.2, 0.25) is 0 Å². The van der Waals surface area contributed by atoms with E-state index >= 15 is 0 Å². The topological polar surface area (TPSA) is 29.5 Å². The highest BCUT2D eigenvalue weighted by molar-refractivity contribution is 5.85. The van der Waals surface area contributed by atoms with Gasteiger partial charge in [-0.15, -0.1) is 0 Å². The summed E-state index contributed by atoms with van der Waals surface area (Å²) >= 11 is 0. The predicted octanol–water partition coefficient (Wildman–Crippen LogP) is 2.21. The van der Waals surface area contributed by atoms with Crippen molar-refractivity contribution in [3.63, 3.8) is 0 Å². The highest BCUT2D eigenvalue weighted by Gasteiger charge is 2.67. The van der Waals surface area contributed by atoms with E-state index in [0.29, 0.717) is 12.5 Å². The van der Waals surface area contributed by atoms with Gasteiger partial charge in [-0.05, 0) is 37.8 Å². The van der Waals surface area contributed by atoms with E-state index < -0.39 is 0 Å². The number of esters is 1. The Kier molecular flexibility index (Phi) is 2.86. The standard InChI is InChI=1S/C15H19NO2/c1-2-18-14(17)15-10-13(15)8-9-16(15)11-12-6-4-3-5-7-12/h3-7,13H,2,8-11H2,1H3. The predicted molar refractivity (Wildman–Crippen MR) is 68.9 cm³/mol. The zero-order valence-electron chi connectivity index (χ0n) is 10.8. The van der Waals surface area contributed by atoms with Crippen LogP contribution >= 0.6 is 0 Å². The average Bonchev–Trinajstić information content (AvgIpc) is 3.03. The van der Waals surface area contributed by atoms with Crippen LogP contribution in [0.4, 0.5) is 0 Å². The lowest BCUT2D eigenvalue weighted by Crippen LogP contribution is -2.42. The second kappa shape index (κ2) is 4.39. The van der Waals surface area contributed by atoms with E-state index in [9.17, 15) is 4.79 Å². The van der Waals surface area contributed by atoms with Gasteiger partial charge in [-0.25, -0.2) is 0 Å². The van der Waals surface area contributed by atoms with Crippen molar-refractivity contribution in [3.8, 4) is 0 Å². The van der Waals surface area contributed by atoms with Crippen molar-refractivity contribution in [1.29, 1.82) is 0 Å². The van der Waals surface area contributed by atoms with Crippen molar-refractivity contribution in [2.24, 2.45) is 5.92 Å². The van der Waals surface area contributed by atoms with E-state index in [0.717, 1.165) is 25.9 Å². The molecule has 2 unspecified atom stereocenters. The van der Waals surface area contributed by atoms with E-state index in [1.165, 1.54) is 5.56 Å². The molecule has 3 heteroatoms. The molecular weight excluding hydrogens is 226 g/mol. The molecule has 0 bridgehead atoms. The van der Waals surface area contributed by atoms with Gasteiger partial charge >= 0.3 is 5.97 Å². The molecule has 3 rings (SSSR count). The van der Waals surface area contributed by atoms with Gasteiger partial charge in [-0.2, -0.15) is 0 Å².